The molecule has 1 aliphatic rings. The number of benzene rings is 1. The van der Waals surface area contributed by atoms with Gasteiger partial charge in [0.05, 0.1) is 38.2 Å². The molecule has 2 aromatic heterocycles. The number of sulfone groups is 1. The molecular formula is C19H21N3O3S2. The maximum atomic E-state index is 12.1. The Morgan fingerprint density at radius 2 is 1.96 bits per heavy atom. The fourth-order valence-electron chi connectivity index (χ4n) is 3.92. The number of hydrogen-bond acceptors (Lipinski definition) is 5. The van der Waals surface area contributed by atoms with Crippen molar-refractivity contribution in [2.75, 3.05) is 11.5 Å². The summed E-state index contributed by atoms with van der Waals surface area (Å²) in [7, 11) is -2.93. The number of rotatable bonds is 3. The van der Waals surface area contributed by atoms with E-state index in [4.69, 9.17) is 5.73 Å². The smallest absolute Gasteiger partial charge is 0.250 e. The van der Waals surface area contributed by atoms with Gasteiger partial charge in [0.2, 0.25) is 0 Å². The number of H-pyrrole nitrogens is 1. The van der Waals surface area contributed by atoms with Crippen LogP contribution in [-0.2, 0) is 9.84 Å². The highest BCUT2D eigenvalue weighted by atomic mass is 32.2. The first-order valence-electron chi connectivity index (χ1n) is 8.85. The minimum absolute atomic E-state index is 0.155. The van der Waals surface area contributed by atoms with Crippen molar-refractivity contribution in [2.24, 2.45) is 5.73 Å². The molecule has 1 fully saturated rings. The van der Waals surface area contributed by atoms with Gasteiger partial charge in [-0.2, -0.15) is 0 Å². The number of carbonyl (C=O) groups is 1. The number of hydrogen-bond donors (Lipinski definition) is 2. The zero-order valence-electron chi connectivity index (χ0n) is 15.2. The van der Waals surface area contributed by atoms with E-state index >= 15 is 0 Å². The van der Waals surface area contributed by atoms with Gasteiger partial charge in [0.1, 0.15) is 9.84 Å². The van der Waals surface area contributed by atoms with Gasteiger partial charge in [0.15, 0.2) is 0 Å². The van der Waals surface area contributed by atoms with Gasteiger partial charge in [-0.05, 0) is 55.9 Å². The number of aromatic nitrogens is 2. The Labute approximate surface area is 161 Å². The molecular weight excluding hydrogens is 382 g/mol. The number of nitrogens with two attached hydrogens (primary N) is 1. The van der Waals surface area contributed by atoms with E-state index < -0.39 is 15.7 Å². The lowest BCUT2D eigenvalue weighted by Gasteiger charge is -2.21. The summed E-state index contributed by atoms with van der Waals surface area (Å²) >= 11 is 1.59. The Kier molecular flexibility index (Phi) is 4.35. The fourth-order valence-corrected chi connectivity index (χ4v) is 6.31. The lowest BCUT2D eigenvalue weighted by Crippen LogP contribution is -2.22. The molecule has 0 saturated carbocycles. The zero-order chi connectivity index (χ0) is 19.3. The summed E-state index contributed by atoms with van der Waals surface area (Å²) in [5.74, 6) is 0.0857. The summed E-state index contributed by atoms with van der Waals surface area (Å²) in [5.41, 5.74) is 9.71. The molecule has 1 aromatic carbocycles. The van der Waals surface area contributed by atoms with Gasteiger partial charge in [-0.25, -0.2) is 13.4 Å². The minimum atomic E-state index is -2.93. The Morgan fingerprint density at radius 1 is 1.26 bits per heavy atom. The van der Waals surface area contributed by atoms with E-state index in [-0.39, 0.29) is 17.4 Å². The average molecular weight is 404 g/mol. The lowest BCUT2D eigenvalue weighted by molar-refractivity contribution is 0.100. The number of amides is 1. The van der Waals surface area contributed by atoms with Crippen molar-refractivity contribution in [3.63, 3.8) is 0 Å². The molecule has 1 saturated heterocycles. The van der Waals surface area contributed by atoms with Crippen molar-refractivity contribution in [3.05, 3.63) is 40.2 Å². The summed E-state index contributed by atoms with van der Waals surface area (Å²) in [4.78, 5) is 20.8. The van der Waals surface area contributed by atoms with Crippen molar-refractivity contribution in [3.8, 4) is 10.4 Å². The van der Waals surface area contributed by atoms with Crippen LogP contribution in [0.2, 0.25) is 0 Å². The van der Waals surface area contributed by atoms with E-state index in [1.54, 1.807) is 11.3 Å². The van der Waals surface area contributed by atoms with Crippen molar-refractivity contribution in [2.45, 2.75) is 32.6 Å². The standard InChI is InChI=1S/C19H21N3O3S2/c1-10-18(26-11(2)22-10)13-7-14-16(12-3-5-27(24,25)6-4-12)9-21-17(14)15(8-13)19(20)23/h7-9,12,21H,3-6H2,1-2H3,(H2,20,23). The third-order valence-corrected chi connectivity index (χ3v) is 8.08. The average Bonchev–Trinajstić information content (AvgIpc) is 3.16. The molecule has 0 radical (unpaired) electrons. The second kappa shape index (κ2) is 6.45. The Morgan fingerprint density at radius 3 is 2.56 bits per heavy atom. The Balaban J connectivity index is 1.88. The predicted octanol–water partition coefficient (Wildman–Crippen LogP) is 3.30. The fraction of sp³-hybridized carbons (Fsp3) is 0.368. The molecule has 3 heterocycles. The van der Waals surface area contributed by atoms with Crippen molar-refractivity contribution >= 4 is 38.0 Å². The van der Waals surface area contributed by atoms with Crippen LogP contribution in [-0.4, -0.2) is 35.8 Å². The molecule has 4 rings (SSSR count). The van der Waals surface area contributed by atoms with E-state index in [2.05, 4.69) is 16.0 Å². The minimum Gasteiger partial charge on any atom is -0.366 e. The van der Waals surface area contributed by atoms with Gasteiger partial charge in [-0.15, -0.1) is 11.3 Å². The molecule has 0 bridgehead atoms. The molecule has 0 unspecified atom stereocenters. The first-order valence-corrected chi connectivity index (χ1v) is 11.5. The Bertz CT molecular complexity index is 1140. The van der Waals surface area contributed by atoms with Crippen LogP contribution in [0.15, 0.2) is 18.3 Å². The molecule has 3 aromatic rings. The van der Waals surface area contributed by atoms with Crippen molar-refractivity contribution in [1.29, 1.82) is 0 Å². The highest BCUT2D eigenvalue weighted by Crippen LogP contribution is 2.38. The molecule has 8 heteroatoms. The van der Waals surface area contributed by atoms with Gasteiger partial charge >= 0.3 is 0 Å². The lowest BCUT2D eigenvalue weighted by atomic mass is 9.91. The first kappa shape index (κ1) is 18.2. The third-order valence-electron chi connectivity index (χ3n) is 5.25. The molecule has 0 spiro atoms. The topological polar surface area (TPSA) is 106 Å². The summed E-state index contributed by atoms with van der Waals surface area (Å²) in [6.45, 7) is 3.91. The van der Waals surface area contributed by atoms with Crippen LogP contribution in [0.25, 0.3) is 21.3 Å². The van der Waals surface area contributed by atoms with Gasteiger partial charge in [-0.3, -0.25) is 4.79 Å². The van der Waals surface area contributed by atoms with Crippen LogP contribution in [0.3, 0.4) is 0 Å². The maximum absolute atomic E-state index is 12.1. The summed E-state index contributed by atoms with van der Waals surface area (Å²) in [6.07, 6.45) is 3.10. The van der Waals surface area contributed by atoms with Gasteiger partial charge < -0.3 is 10.7 Å². The van der Waals surface area contributed by atoms with Crippen LogP contribution >= 0.6 is 11.3 Å². The number of carbonyl (C=O) groups excluding carboxylic acids is 1. The van der Waals surface area contributed by atoms with Gasteiger partial charge in [0.25, 0.3) is 5.91 Å². The number of nitrogens with one attached hydrogen (secondary N) is 1. The second-order valence-electron chi connectivity index (χ2n) is 7.13. The normalized spacial score (nSPS) is 17.4. The second-order valence-corrected chi connectivity index (χ2v) is 10.6. The number of aromatic amines is 1. The Hall–Kier alpha value is -2.19. The van der Waals surface area contributed by atoms with E-state index in [1.807, 2.05) is 26.1 Å². The molecule has 1 aliphatic heterocycles. The molecule has 1 amide bonds. The zero-order valence-corrected chi connectivity index (χ0v) is 16.8. The highest BCUT2D eigenvalue weighted by Gasteiger charge is 2.27. The quantitative estimate of drug-likeness (QED) is 0.700. The summed E-state index contributed by atoms with van der Waals surface area (Å²) in [6, 6.07) is 3.88. The molecule has 27 heavy (non-hydrogen) atoms. The number of thiazole rings is 1. The predicted molar refractivity (Wildman–Crippen MR) is 108 cm³/mol. The van der Waals surface area contributed by atoms with Crippen LogP contribution in [0.4, 0.5) is 0 Å². The molecule has 3 N–H and O–H groups in total. The van der Waals surface area contributed by atoms with E-state index in [1.165, 1.54) is 0 Å². The van der Waals surface area contributed by atoms with E-state index in [0.29, 0.717) is 23.9 Å². The molecule has 0 aliphatic carbocycles. The summed E-state index contributed by atoms with van der Waals surface area (Å²) < 4.78 is 23.6. The monoisotopic (exact) mass is 403 g/mol. The van der Waals surface area contributed by atoms with Gasteiger partial charge in [0, 0.05) is 11.6 Å². The highest BCUT2D eigenvalue weighted by molar-refractivity contribution is 7.91. The third kappa shape index (κ3) is 3.27. The SMILES string of the molecule is Cc1nc(C)c(-c2cc(C(N)=O)c3[nH]cc(C4CCS(=O)(=O)CC4)c3c2)s1. The largest absolute Gasteiger partial charge is 0.366 e. The molecule has 0 atom stereocenters. The van der Waals surface area contributed by atoms with Crippen LogP contribution in [0.5, 0.6) is 0 Å². The number of nitrogens with zero attached hydrogens (tertiary/aromatic N) is 1. The van der Waals surface area contributed by atoms with Crippen molar-refractivity contribution < 1.29 is 13.2 Å². The number of primary amides is 1. The molecule has 6 nitrogen and oxygen atoms in total. The molecule has 142 valence electrons. The van der Waals surface area contributed by atoms with Crippen LogP contribution in [0, 0.1) is 13.8 Å². The van der Waals surface area contributed by atoms with Crippen molar-refractivity contribution in [1.82, 2.24) is 9.97 Å². The van der Waals surface area contributed by atoms with Gasteiger partial charge in [-0.1, -0.05) is 0 Å². The van der Waals surface area contributed by atoms with Crippen LogP contribution in [0.1, 0.15) is 45.4 Å². The number of aryl methyl sites for hydroxylation is 2. The number of fused-ring (bicyclic) bond motifs is 1. The van der Waals surface area contributed by atoms with E-state index in [9.17, 15) is 13.2 Å². The first-order chi connectivity index (χ1) is 12.7. The maximum Gasteiger partial charge on any atom is 0.250 e. The van der Waals surface area contributed by atoms with Crippen LogP contribution < -0.4 is 5.73 Å². The summed E-state index contributed by atoms with van der Waals surface area (Å²) in [5, 5.41) is 1.91. The van der Waals surface area contributed by atoms with E-state index in [0.717, 1.165) is 32.1 Å².